The Labute approximate surface area is 175 Å². The third-order valence-corrected chi connectivity index (χ3v) is 4.28. The van der Waals surface area contributed by atoms with E-state index in [1.807, 2.05) is 19.1 Å². The van der Waals surface area contributed by atoms with Crippen molar-refractivity contribution < 1.29 is 14.4 Å². The van der Waals surface area contributed by atoms with Gasteiger partial charge in [0, 0.05) is 29.9 Å². The van der Waals surface area contributed by atoms with Crippen LogP contribution in [0.5, 0.6) is 0 Å². The molecule has 0 aromatic heterocycles. The van der Waals surface area contributed by atoms with E-state index in [4.69, 9.17) is 11.6 Å². The van der Waals surface area contributed by atoms with Gasteiger partial charge in [-0.2, -0.15) is 0 Å². The van der Waals surface area contributed by atoms with Gasteiger partial charge in [0.1, 0.15) is 0 Å². The van der Waals surface area contributed by atoms with Crippen LogP contribution in [0.3, 0.4) is 0 Å². The molecule has 154 valence electrons. The summed E-state index contributed by atoms with van der Waals surface area (Å²) in [6.45, 7) is 4.46. The lowest BCUT2D eigenvalue weighted by atomic mass is 10.2. The maximum Gasteiger partial charge on any atom is 0.238 e. The molecule has 0 unspecified atom stereocenters. The Morgan fingerprint density at radius 3 is 2.14 bits per heavy atom. The molecule has 0 saturated heterocycles. The molecule has 0 heterocycles. The summed E-state index contributed by atoms with van der Waals surface area (Å²) in [5.41, 5.74) is 2.18. The van der Waals surface area contributed by atoms with Crippen LogP contribution in [-0.2, 0) is 20.9 Å². The number of hydrogen-bond donors (Lipinski definition) is 3. The van der Waals surface area contributed by atoms with Crippen molar-refractivity contribution in [3.63, 3.8) is 0 Å². The molecule has 2 aromatic carbocycles. The fraction of sp³-hybridized carbons (Fsp3) is 0.286. The Balaban J connectivity index is 1.79. The number of benzene rings is 2. The second-order valence-corrected chi connectivity index (χ2v) is 6.95. The minimum Gasteiger partial charge on any atom is -0.351 e. The van der Waals surface area contributed by atoms with E-state index in [9.17, 15) is 14.4 Å². The largest absolute Gasteiger partial charge is 0.351 e. The first-order chi connectivity index (χ1) is 13.9. The lowest BCUT2D eigenvalue weighted by Gasteiger charge is -2.19. The maximum atomic E-state index is 12.3. The summed E-state index contributed by atoms with van der Waals surface area (Å²) >= 11 is 5.94. The van der Waals surface area contributed by atoms with Crippen LogP contribution in [0.25, 0.3) is 0 Å². The minimum atomic E-state index is -0.221. The normalized spacial score (nSPS) is 10.5. The number of amides is 3. The molecule has 2 rings (SSSR count). The van der Waals surface area contributed by atoms with Crippen LogP contribution in [0.2, 0.25) is 5.02 Å². The van der Waals surface area contributed by atoms with Gasteiger partial charge in [-0.25, -0.2) is 0 Å². The predicted molar refractivity (Wildman–Crippen MR) is 115 cm³/mol. The van der Waals surface area contributed by atoms with E-state index in [0.717, 1.165) is 5.56 Å². The van der Waals surface area contributed by atoms with Gasteiger partial charge < -0.3 is 16.0 Å². The fourth-order valence-corrected chi connectivity index (χ4v) is 2.84. The molecule has 3 amide bonds. The third-order valence-electron chi connectivity index (χ3n) is 4.05. The molecule has 0 spiro atoms. The molecule has 0 saturated carbocycles. The van der Waals surface area contributed by atoms with E-state index in [1.54, 1.807) is 41.3 Å². The molecule has 0 aliphatic rings. The summed E-state index contributed by atoms with van der Waals surface area (Å²) < 4.78 is 0. The summed E-state index contributed by atoms with van der Waals surface area (Å²) in [7, 11) is 0. The van der Waals surface area contributed by atoms with Crippen molar-refractivity contribution in [2.45, 2.75) is 20.4 Å². The summed E-state index contributed by atoms with van der Waals surface area (Å²) in [6, 6.07) is 14.1. The highest BCUT2D eigenvalue weighted by atomic mass is 35.5. The molecule has 0 radical (unpaired) electrons. The first kappa shape index (κ1) is 22.4. The zero-order chi connectivity index (χ0) is 21.2. The SMILES string of the molecule is CCN(CC(=O)NCc1cccc(Cl)c1)CC(=O)Nc1ccc(NC(C)=O)cc1. The number of anilines is 2. The average Bonchev–Trinajstić information content (AvgIpc) is 2.67. The molecular weight excluding hydrogens is 392 g/mol. The van der Waals surface area contributed by atoms with E-state index in [2.05, 4.69) is 16.0 Å². The van der Waals surface area contributed by atoms with Crippen LogP contribution in [0.1, 0.15) is 19.4 Å². The number of carbonyl (C=O) groups is 3. The molecular formula is C21H25ClN4O3. The van der Waals surface area contributed by atoms with Gasteiger partial charge >= 0.3 is 0 Å². The third kappa shape index (κ3) is 8.33. The van der Waals surface area contributed by atoms with Crippen molar-refractivity contribution in [3.05, 3.63) is 59.1 Å². The van der Waals surface area contributed by atoms with Crippen molar-refractivity contribution >= 4 is 40.7 Å². The van der Waals surface area contributed by atoms with E-state index < -0.39 is 0 Å². The van der Waals surface area contributed by atoms with Gasteiger partial charge in [-0.3, -0.25) is 19.3 Å². The molecule has 0 fully saturated rings. The van der Waals surface area contributed by atoms with Crippen LogP contribution in [0.4, 0.5) is 11.4 Å². The van der Waals surface area contributed by atoms with E-state index >= 15 is 0 Å². The Kier molecular flexibility index (Phi) is 8.64. The fourth-order valence-electron chi connectivity index (χ4n) is 2.63. The zero-order valence-corrected chi connectivity index (χ0v) is 17.3. The summed E-state index contributed by atoms with van der Waals surface area (Å²) in [5, 5.41) is 8.90. The van der Waals surface area contributed by atoms with Gasteiger partial charge in [0.2, 0.25) is 17.7 Å². The monoisotopic (exact) mass is 416 g/mol. The molecule has 8 heteroatoms. The van der Waals surface area contributed by atoms with E-state index in [0.29, 0.717) is 29.5 Å². The number of nitrogens with zero attached hydrogens (tertiary/aromatic N) is 1. The van der Waals surface area contributed by atoms with Gasteiger partial charge in [0.05, 0.1) is 13.1 Å². The van der Waals surface area contributed by atoms with Gasteiger partial charge in [0.15, 0.2) is 0 Å². The average molecular weight is 417 g/mol. The van der Waals surface area contributed by atoms with Gasteiger partial charge in [-0.05, 0) is 48.5 Å². The van der Waals surface area contributed by atoms with Gasteiger partial charge in [-0.1, -0.05) is 30.7 Å². The number of likely N-dealkylation sites (N-methyl/N-ethyl adjacent to an activating group) is 1. The lowest BCUT2D eigenvalue weighted by Crippen LogP contribution is -2.40. The van der Waals surface area contributed by atoms with Crippen molar-refractivity contribution in [3.8, 4) is 0 Å². The number of halogens is 1. The van der Waals surface area contributed by atoms with Crippen molar-refractivity contribution in [1.82, 2.24) is 10.2 Å². The topological polar surface area (TPSA) is 90.5 Å². The number of nitrogens with one attached hydrogen (secondary N) is 3. The zero-order valence-electron chi connectivity index (χ0n) is 16.5. The van der Waals surface area contributed by atoms with Crippen LogP contribution in [0.15, 0.2) is 48.5 Å². The smallest absolute Gasteiger partial charge is 0.238 e. The van der Waals surface area contributed by atoms with Crippen LogP contribution in [-0.4, -0.2) is 42.3 Å². The van der Waals surface area contributed by atoms with Crippen molar-refractivity contribution in [2.75, 3.05) is 30.3 Å². The highest BCUT2D eigenvalue weighted by Gasteiger charge is 2.13. The first-order valence-electron chi connectivity index (χ1n) is 9.26. The van der Waals surface area contributed by atoms with E-state index in [-0.39, 0.29) is 30.8 Å². The van der Waals surface area contributed by atoms with Gasteiger partial charge in [0.25, 0.3) is 0 Å². The van der Waals surface area contributed by atoms with Crippen LogP contribution in [0, 0.1) is 0 Å². The number of rotatable bonds is 9. The lowest BCUT2D eigenvalue weighted by molar-refractivity contribution is -0.123. The second kappa shape index (κ2) is 11.2. The summed E-state index contributed by atoms with van der Waals surface area (Å²) in [4.78, 5) is 37.2. The molecule has 0 aliphatic carbocycles. The Hall–Kier alpha value is -2.90. The Morgan fingerprint density at radius 1 is 0.931 bits per heavy atom. The minimum absolute atomic E-state index is 0.0918. The molecule has 0 aliphatic heterocycles. The second-order valence-electron chi connectivity index (χ2n) is 6.52. The number of carbonyl (C=O) groups excluding carboxylic acids is 3. The molecule has 0 bridgehead atoms. The highest BCUT2D eigenvalue weighted by molar-refractivity contribution is 6.30. The highest BCUT2D eigenvalue weighted by Crippen LogP contribution is 2.13. The first-order valence-corrected chi connectivity index (χ1v) is 9.64. The standard InChI is InChI=1S/C21H25ClN4O3/c1-3-26(13-20(28)23-12-16-5-4-6-17(22)11-16)14-21(29)25-19-9-7-18(8-10-19)24-15(2)27/h4-11H,3,12-14H2,1-2H3,(H,23,28)(H,24,27)(H,25,29). The predicted octanol–water partition coefficient (Wildman–Crippen LogP) is 2.88. The summed E-state index contributed by atoms with van der Waals surface area (Å²) in [5.74, 6) is -0.546. The molecule has 29 heavy (non-hydrogen) atoms. The molecule has 2 aromatic rings. The molecule has 7 nitrogen and oxygen atoms in total. The summed E-state index contributed by atoms with van der Waals surface area (Å²) in [6.07, 6.45) is 0. The van der Waals surface area contributed by atoms with Crippen molar-refractivity contribution in [2.24, 2.45) is 0 Å². The number of hydrogen-bond acceptors (Lipinski definition) is 4. The Morgan fingerprint density at radius 2 is 1.55 bits per heavy atom. The van der Waals surface area contributed by atoms with Crippen molar-refractivity contribution in [1.29, 1.82) is 0 Å². The quantitative estimate of drug-likeness (QED) is 0.586. The van der Waals surface area contributed by atoms with E-state index in [1.165, 1.54) is 6.92 Å². The van der Waals surface area contributed by atoms with Gasteiger partial charge in [-0.15, -0.1) is 0 Å². The maximum absolute atomic E-state index is 12.3. The van der Waals surface area contributed by atoms with Crippen LogP contribution >= 0.6 is 11.6 Å². The molecule has 3 N–H and O–H groups in total. The van der Waals surface area contributed by atoms with Crippen LogP contribution < -0.4 is 16.0 Å². The molecule has 0 atom stereocenters. The Bertz CT molecular complexity index is 855.